The summed E-state index contributed by atoms with van der Waals surface area (Å²) in [4.78, 5) is 7.18. The maximum absolute atomic E-state index is 9.37. The number of aliphatic hydroxyl groups is 1. The summed E-state index contributed by atoms with van der Waals surface area (Å²) in [5, 5.41) is 9.37. The fourth-order valence-electron chi connectivity index (χ4n) is 2.82. The van der Waals surface area contributed by atoms with Crippen LogP contribution in [-0.4, -0.2) is 22.7 Å². The van der Waals surface area contributed by atoms with Crippen molar-refractivity contribution in [2.45, 2.75) is 58.6 Å². The molecule has 1 aromatic heterocycles. The minimum Gasteiger partial charge on any atom is -0.392 e. The Bertz CT molecular complexity index is 392. The zero-order chi connectivity index (χ0) is 13.0. The second kappa shape index (κ2) is 6.19. The van der Waals surface area contributed by atoms with E-state index in [1.54, 1.807) is 0 Å². The van der Waals surface area contributed by atoms with Crippen LogP contribution < -0.4 is 4.90 Å². The fourth-order valence-corrected chi connectivity index (χ4v) is 2.82. The average molecular weight is 248 g/mol. The van der Waals surface area contributed by atoms with E-state index in [0.717, 1.165) is 36.5 Å². The summed E-state index contributed by atoms with van der Waals surface area (Å²) >= 11 is 0. The first-order valence-electron chi connectivity index (χ1n) is 7.15. The maximum atomic E-state index is 9.37. The summed E-state index contributed by atoms with van der Waals surface area (Å²) in [7, 11) is 0. The first-order chi connectivity index (χ1) is 8.78. The first-order valence-corrected chi connectivity index (χ1v) is 7.15. The average Bonchev–Trinajstić information content (AvgIpc) is 2.87. The van der Waals surface area contributed by atoms with Crippen molar-refractivity contribution in [1.82, 2.24) is 4.98 Å². The molecule has 0 bridgehead atoms. The number of pyridine rings is 1. The van der Waals surface area contributed by atoms with E-state index in [2.05, 4.69) is 18.7 Å². The van der Waals surface area contributed by atoms with Crippen molar-refractivity contribution >= 4 is 5.82 Å². The smallest absolute Gasteiger partial charge is 0.129 e. The minimum absolute atomic E-state index is 0.108. The highest BCUT2D eigenvalue weighted by molar-refractivity contribution is 5.44. The van der Waals surface area contributed by atoms with E-state index in [4.69, 9.17) is 4.98 Å². The lowest BCUT2D eigenvalue weighted by Gasteiger charge is -2.25. The van der Waals surface area contributed by atoms with Crippen LogP contribution in [-0.2, 0) is 13.0 Å². The molecule has 1 unspecified atom stereocenters. The van der Waals surface area contributed by atoms with Gasteiger partial charge < -0.3 is 10.0 Å². The van der Waals surface area contributed by atoms with Crippen molar-refractivity contribution in [3.8, 4) is 0 Å². The van der Waals surface area contributed by atoms with Crippen molar-refractivity contribution < 1.29 is 5.11 Å². The Labute approximate surface area is 110 Å². The van der Waals surface area contributed by atoms with Gasteiger partial charge in [-0.25, -0.2) is 4.98 Å². The number of nitrogens with zero attached hydrogens (tertiary/aromatic N) is 2. The third-order valence-electron chi connectivity index (χ3n) is 3.76. The summed E-state index contributed by atoms with van der Waals surface area (Å²) in [6.07, 6.45) is 5.79. The Balaban J connectivity index is 2.27. The van der Waals surface area contributed by atoms with Gasteiger partial charge in [-0.1, -0.05) is 20.3 Å². The number of rotatable bonds is 5. The summed E-state index contributed by atoms with van der Waals surface area (Å²) < 4.78 is 0. The standard InChI is InChI=1S/C15H24N2O/c1-3-6-13-9-12(11-18)10-15(16-13)17-8-5-7-14(17)4-2/h9-10,14,18H,3-8,11H2,1-2H3. The minimum atomic E-state index is 0.108. The van der Waals surface area contributed by atoms with Crippen LogP contribution in [0.3, 0.4) is 0 Å². The lowest BCUT2D eigenvalue weighted by Crippen LogP contribution is -2.29. The topological polar surface area (TPSA) is 36.4 Å². The largest absolute Gasteiger partial charge is 0.392 e. The number of aliphatic hydroxyl groups excluding tert-OH is 1. The quantitative estimate of drug-likeness (QED) is 0.870. The lowest BCUT2D eigenvalue weighted by atomic mass is 10.1. The van der Waals surface area contributed by atoms with Crippen LogP contribution in [0.15, 0.2) is 12.1 Å². The molecule has 2 rings (SSSR count). The SMILES string of the molecule is CCCc1cc(CO)cc(N2CCCC2CC)n1. The van der Waals surface area contributed by atoms with Gasteiger partial charge in [0.1, 0.15) is 5.82 Å². The second-order valence-corrected chi connectivity index (χ2v) is 5.13. The van der Waals surface area contributed by atoms with Gasteiger partial charge in [-0.05, 0) is 43.4 Å². The lowest BCUT2D eigenvalue weighted by molar-refractivity contribution is 0.281. The van der Waals surface area contributed by atoms with Crippen LogP contribution in [0, 0.1) is 0 Å². The van der Waals surface area contributed by atoms with E-state index in [9.17, 15) is 5.11 Å². The third kappa shape index (κ3) is 2.83. The molecule has 1 aliphatic rings. The van der Waals surface area contributed by atoms with Gasteiger partial charge in [0.05, 0.1) is 6.61 Å². The predicted octanol–water partition coefficient (Wildman–Crippen LogP) is 2.91. The third-order valence-corrected chi connectivity index (χ3v) is 3.76. The van der Waals surface area contributed by atoms with E-state index in [0.29, 0.717) is 6.04 Å². The van der Waals surface area contributed by atoms with Gasteiger partial charge in [0.2, 0.25) is 0 Å². The van der Waals surface area contributed by atoms with Crippen molar-refractivity contribution in [2.24, 2.45) is 0 Å². The summed E-state index contributed by atoms with van der Waals surface area (Å²) in [6, 6.07) is 4.71. The molecule has 0 spiro atoms. The van der Waals surface area contributed by atoms with E-state index in [1.807, 2.05) is 12.1 Å². The molecule has 0 saturated carbocycles. The van der Waals surface area contributed by atoms with Crippen LogP contribution in [0.25, 0.3) is 0 Å². The maximum Gasteiger partial charge on any atom is 0.129 e. The first kappa shape index (κ1) is 13.3. The van der Waals surface area contributed by atoms with E-state index in [1.165, 1.54) is 19.3 Å². The van der Waals surface area contributed by atoms with Gasteiger partial charge in [-0.15, -0.1) is 0 Å². The number of aryl methyl sites for hydroxylation is 1. The molecular weight excluding hydrogens is 224 g/mol. The zero-order valence-corrected chi connectivity index (χ0v) is 11.5. The van der Waals surface area contributed by atoms with Crippen LogP contribution in [0.4, 0.5) is 5.82 Å². The van der Waals surface area contributed by atoms with Crippen molar-refractivity contribution in [3.05, 3.63) is 23.4 Å². The molecule has 18 heavy (non-hydrogen) atoms. The Morgan fingerprint density at radius 2 is 2.22 bits per heavy atom. The van der Waals surface area contributed by atoms with Crippen molar-refractivity contribution in [2.75, 3.05) is 11.4 Å². The Morgan fingerprint density at radius 3 is 2.89 bits per heavy atom. The molecule has 3 nitrogen and oxygen atoms in total. The van der Waals surface area contributed by atoms with Gasteiger partial charge >= 0.3 is 0 Å². The molecule has 0 radical (unpaired) electrons. The Hall–Kier alpha value is -1.09. The van der Waals surface area contributed by atoms with Gasteiger partial charge in [0.25, 0.3) is 0 Å². The molecule has 1 N–H and O–H groups in total. The number of hydrogen-bond acceptors (Lipinski definition) is 3. The van der Waals surface area contributed by atoms with Crippen LogP contribution in [0.2, 0.25) is 0 Å². The number of hydrogen-bond donors (Lipinski definition) is 1. The molecule has 1 aromatic rings. The Morgan fingerprint density at radius 1 is 1.39 bits per heavy atom. The summed E-state index contributed by atoms with van der Waals surface area (Å²) in [5.74, 6) is 1.06. The molecule has 1 aliphatic heterocycles. The molecule has 100 valence electrons. The van der Waals surface area contributed by atoms with E-state index < -0.39 is 0 Å². The molecule has 1 saturated heterocycles. The van der Waals surface area contributed by atoms with Gasteiger partial charge in [0.15, 0.2) is 0 Å². The van der Waals surface area contributed by atoms with Gasteiger partial charge in [-0.3, -0.25) is 0 Å². The summed E-state index contributed by atoms with van der Waals surface area (Å²) in [5.41, 5.74) is 2.10. The molecular formula is C15H24N2O. The van der Waals surface area contributed by atoms with Crippen molar-refractivity contribution in [1.29, 1.82) is 0 Å². The molecule has 1 fully saturated rings. The van der Waals surface area contributed by atoms with Crippen LogP contribution >= 0.6 is 0 Å². The fraction of sp³-hybridized carbons (Fsp3) is 0.667. The zero-order valence-electron chi connectivity index (χ0n) is 11.5. The monoisotopic (exact) mass is 248 g/mol. The normalized spacial score (nSPS) is 19.5. The van der Waals surface area contributed by atoms with Crippen LogP contribution in [0.5, 0.6) is 0 Å². The molecule has 3 heteroatoms. The van der Waals surface area contributed by atoms with Crippen molar-refractivity contribution in [3.63, 3.8) is 0 Å². The number of aromatic nitrogens is 1. The van der Waals surface area contributed by atoms with Crippen LogP contribution in [0.1, 0.15) is 50.8 Å². The molecule has 1 atom stereocenters. The molecule has 0 aliphatic carbocycles. The number of anilines is 1. The summed E-state index contributed by atoms with van der Waals surface area (Å²) in [6.45, 7) is 5.62. The highest BCUT2D eigenvalue weighted by Gasteiger charge is 2.24. The Kier molecular flexibility index (Phi) is 4.59. The van der Waals surface area contributed by atoms with E-state index >= 15 is 0 Å². The molecule has 2 heterocycles. The predicted molar refractivity (Wildman–Crippen MR) is 74.8 cm³/mol. The van der Waals surface area contributed by atoms with E-state index in [-0.39, 0.29) is 6.61 Å². The highest BCUT2D eigenvalue weighted by Crippen LogP contribution is 2.27. The highest BCUT2D eigenvalue weighted by atomic mass is 16.3. The molecule has 0 amide bonds. The van der Waals surface area contributed by atoms with Gasteiger partial charge in [0, 0.05) is 18.3 Å². The van der Waals surface area contributed by atoms with Gasteiger partial charge in [-0.2, -0.15) is 0 Å². The molecule has 0 aromatic carbocycles. The second-order valence-electron chi connectivity index (χ2n) is 5.13.